The molecule has 1 N–H and O–H groups in total. The molecule has 2 heterocycles. The van der Waals surface area contributed by atoms with E-state index in [2.05, 4.69) is 30.2 Å². The fourth-order valence-corrected chi connectivity index (χ4v) is 1.69. The van der Waals surface area contributed by atoms with Crippen molar-refractivity contribution in [2.45, 2.75) is 32.9 Å². The van der Waals surface area contributed by atoms with E-state index in [1.807, 2.05) is 6.07 Å². The summed E-state index contributed by atoms with van der Waals surface area (Å²) in [5, 5.41) is 3.32. The van der Waals surface area contributed by atoms with Crippen molar-refractivity contribution in [3.05, 3.63) is 23.4 Å². The Morgan fingerprint density at radius 1 is 1.41 bits per heavy atom. The molecule has 1 aliphatic rings. The molecule has 0 bridgehead atoms. The molecule has 1 aromatic rings. The third-order valence-electron chi connectivity index (χ3n) is 2.75. The topological polar surface area (TPSA) is 43.4 Å². The Bertz CT molecular complexity index is 364. The number of hydrogen-bond acceptors (Lipinski definition) is 4. The highest BCUT2D eigenvalue weighted by Gasteiger charge is 2.20. The number of aryl methyl sites for hydroxylation is 1. The lowest BCUT2D eigenvalue weighted by Crippen LogP contribution is -2.38. The molecule has 1 aliphatic heterocycles. The average molecular weight is 236 g/mol. The van der Waals surface area contributed by atoms with Gasteiger partial charge < -0.3 is 14.8 Å². The Morgan fingerprint density at radius 2 is 2.24 bits per heavy atom. The highest BCUT2D eigenvalue weighted by atomic mass is 16.6. The van der Waals surface area contributed by atoms with Gasteiger partial charge in [-0.2, -0.15) is 0 Å². The Kier molecular flexibility index (Phi) is 4.34. The first-order chi connectivity index (χ1) is 8.31. The number of aromatic nitrogens is 1. The smallest absolute Gasteiger partial charge is 0.214 e. The second-order valence-electron chi connectivity index (χ2n) is 4.22. The predicted octanol–water partition coefficient (Wildman–Crippen LogP) is 1.53. The van der Waals surface area contributed by atoms with Gasteiger partial charge in [0.25, 0.3) is 0 Å². The van der Waals surface area contributed by atoms with Crippen LogP contribution >= 0.6 is 0 Å². The van der Waals surface area contributed by atoms with E-state index in [-0.39, 0.29) is 6.10 Å². The molecule has 0 aliphatic carbocycles. The van der Waals surface area contributed by atoms with Crippen LogP contribution in [-0.2, 0) is 17.7 Å². The number of nitrogens with zero attached hydrogens (tertiary/aromatic N) is 1. The van der Waals surface area contributed by atoms with Gasteiger partial charge in [0.2, 0.25) is 5.88 Å². The Hall–Kier alpha value is -1.13. The first-order valence-electron chi connectivity index (χ1n) is 6.26. The summed E-state index contributed by atoms with van der Waals surface area (Å²) in [6.07, 6.45) is 1.11. The van der Waals surface area contributed by atoms with E-state index in [9.17, 15) is 0 Å². The zero-order chi connectivity index (χ0) is 12.1. The molecule has 1 saturated heterocycles. The van der Waals surface area contributed by atoms with Crippen molar-refractivity contribution >= 4 is 0 Å². The number of hydrogen-bond donors (Lipinski definition) is 1. The fraction of sp³-hybridized carbons (Fsp3) is 0.615. The quantitative estimate of drug-likeness (QED) is 0.813. The van der Waals surface area contributed by atoms with Crippen LogP contribution in [-0.4, -0.2) is 30.8 Å². The van der Waals surface area contributed by atoms with E-state index >= 15 is 0 Å². The third kappa shape index (κ3) is 3.41. The van der Waals surface area contributed by atoms with E-state index in [1.165, 1.54) is 5.56 Å². The highest BCUT2D eigenvalue weighted by molar-refractivity contribution is 5.25. The average Bonchev–Trinajstić information content (AvgIpc) is 2.31. The van der Waals surface area contributed by atoms with Crippen LogP contribution in [0.4, 0.5) is 0 Å². The van der Waals surface area contributed by atoms with Crippen molar-refractivity contribution < 1.29 is 9.47 Å². The molecular formula is C13H20N2O2. The van der Waals surface area contributed by atoms with Crippen molar-refractivity contribution in [2.75, 3.05) is 19.8 Å². The van der Waals surface area contributed by atoms with E-state index in [1.54, 1.807) is 0 Å². The number of pyridine rings is 1. The molecule has 94 valence electrons. The summed E-state index contributed by atoms with van der Waals surface area (Å²) >= 11 is 0. The number of rotatable bonds is 6. The zero-order valence-corrected chi connectivity index (χ0v) is 10.5. The van der Waals surface area contributed by atoms with E-state index in [0.29, 0.717) is 13.2 Å². The van der Waals surface area contributed by atoms with Crippen molar-refractivity contribution in [1.29, 1.82) is 0 Å². The van der Waals surface area contributed by atoms with Crippen LogP contribution in [0, 0.1) is 0 Å². The Labute approximate surface area is 102 Å². The van der Waals surface area contributed by atoms with E-state index in [0.717, 1.165) is 31.1 Å². The largest absolute Gasteiger partial charge is 0.469 e. The second kappa shape index (κ2) is 5.98. The minimum absolute atomic E-state index is 0.182. The maximum absolute atomic E-state index is 5.75. The van der Waals surface area contributed by atoms with Crippen LogP contribution in [0.3, 0.4) is 0 Å². The molecule has 0 spiro atoms. The van der Waals surface area contributed by atoms with Crippen LogP contribution < -0.4 is 10.1 Å². The summed E-state index contributed by atoms with van der Waals surface area (Å²) in [6, 6.07) is 4.15. The van der Waals surface area contributed by atoms with Gasteiger partial charge in [-0.1, -0.05) is 13.8 Å². The van der Waals surface area contributed by atoms with Crippen molar-refractivity contribution in [1.82, 2.24) is 10.3 Å². The highest BCUT2D eigenvalue weighted by Crippen LogP contribution is 2.17. The lowest BCUT2D eigenvalue weighted by atomic mass is 10.2. The summed E-state index contributed by atoms with van der Waals surface area (Å²) < 4.78 is 10.8. The molecule has 0 amide bonds. The SMILES string of the molecule is CCNCc1cc(CC)nc(OC2COC2)c1. The van der Waals surface area contributed by atoms with Gasteiger partial charge in [0.1, 0.15) is 6.10 Å². The lowest BCUT2D eigenvalue weighted by Gasteiger charge is -2.26. The fourth-order valence-electron chi connectivity index (χ4n) is 1.69. The van der Waals surface area contributed by atoms with Gasteiger partial charge in [-0.05, 0) is 24.6 Å². The summed E-state index contributed by atoms with van der Waals surface area (Å²) in [6.45, 7) is 7.40. The van der Waals surface area contributed by atoms with Gasteiger partial charge in [0.05, 0.1) is 13.2 Å². The predicted molar refractivity (Wildman–Crippen MR) is 66.2 cm³/mol. The molecule has 0 saturated carbocycles. The molecule has 0 aromatic carbocycles. The monoisotopic (exact) mass is 236 g/mol. The summed E-state index contributed by atoms with van der Waals surface area (Å²) in [4.78, 5) is 4.48. The van der Waals surface area contributed by atoms with E-state index in [4.69, 9.17) is 9.47 Å². The summed E-state index contributed by atoms with van der Waals surface area (Å²) in [7, 11) is 0. The maximum Gasteiger partial charge on any atom is 0.214 e. The number of nitrogens with one attached hydrogen (secondary N) is 1. The normalized spacial score (nSPS) is 15.6. The van der Waals surface area contributed by atoms with Gasteiger partial charge in [0, 0.05) is 18.3 Å². The van der Waals surface area contributed by atoms with Crippen molar-refractivity contribution in [3.8, 4) is 5.88 Å². The zero-order valence-electron chi connectivity index (χ0n) is 10.5. The van der Waals surface area contributed by atoms with Crippen LogP contribution in [0.1, 0.15) is 25.1 Å². The van der Waals surface area contributed by atoms with Crippen LogP contribution in [0.5, 0.6) is 5.88 Å². The third-order valence-corrected chi connectivity index (χ3v) is 2.75. The lowest BCUT2D eigenvalue weighted by molar-refractivity contribution is -0.0814. The minimum Gasteiger partial charge on any atom is -0.469 e. The van der Waals surface area contributed by atoms with Gasteiger partial charge in [0.15, 0.2) is 0 Å². The summed E-state index contributed by atoms with van der Waals surface area (Å²) in [5.74, 6) is 0.727. The molecule has 4 nitrogen and oxygen atoms in total. The molecule has 2 rings (SSSR count). The Balaban J connectivity index is 2.06. The Morgan fingerprint density at radius 3 is 2.82 bits per heavy atom. The van der Waals surface area contributed by atoms with E-state index < -0.39 is 0 Å². The maximum atomic E-state index is 5.75. The van der Waals surface area contributed by atoms with Crippen LogP contribution in [0.15, 0.2) is 12.1 Å². The molecule has 0 radical (unpaired) electrons. The molecule has 0 atom stereocenters. The second-order valence-corrected chi connectivity index (χ2v) is 4.22. The first kappa shape index (κ1) is 12.3. The van der Waals surface area contributed by atoms with Crippen LogP contribution in [0.25, 0.3) is 0 Å². The van der Waals surface area contributed by atoms with Gasteiger partial charge in [-0.25, -0.2) is 4.98 Å². The van der Waals surface area contributed by atoms with Crippen molar-refractivity contribution in [3.63, 3.8) is 0 Å². The molecular weight excluding hydrogens is 216 g/mol. The van der Waals surface area contributed by atoms with Crippen LogP contribution in [0.2, 0.25) is 0 Å². The molecule has 17 heavy (non-hydrogen) atoms. The van der Waals surface area contributed by atoms with Gasteiger partial charge in [-0.15, -0.1) is 0 Å². The number of ether oxygens (including phenoxy) is 2. The minimum atomic E-state index is 0.182. The molecule has 0 unspecified atom stereocenters. The van der Waals surface area contributed by atoms with Gasteiger partial charge >= 0.3 is 0 Å². The molecule has 4 heteroatoms. The van der Waals surface area contributed by atoms with Crippen molar-refractivity contribution in [2.24, 2.45) is 0 Å². The standard InChI is InChI=1S/C13H20N2O2/c1-3-11-5-10(7-14-4-2)6-13(15-11)17-12-8-16-9-12/h5-6,12,14H,3-4,7-9H2,1-2H3. The molecule has 1 aromatic heterocycles. The summed E-state index contributed by atoms with van der Waals surface area (Å²) in [5.41, 5.74) is 2.31. The van der Waals surface area contributed by atoms with Gasteiger partial charge in [-0.3, -0.25) is 0 Å². The first-order valence-corrected chi connectivity index (χ1v) is 6.26. The molecule has 1 fully saturated rings.